The highest BCUT2D eigenvalue weighted by Gasteiger charge is 2.21. The maximum absolute atomic E-state index is 12.1. The minimum atomic E-state index is -0.114. The number of aryl methyl sites for hydroxylation is 2. The molecule has 0 atom stereocenters. The van der Waals surface area contributed by atoms with Gasteiger partial charge in [-0.1, -0.05) is 62.7 Å². The summed E-state index contributed by atoms with van der Waals surface area (Å²) in [5.74, 6) is 1.43. The van der Waals surface area contributed by atoms with Gasteiger partial charge in [-0.25, -0.2) is 0 Å². The van der Waals surface area contributed by atoms with Crippen LogP contribution in [-0.4, -0.2) is 22.6 Å². The predicted octanol–water partition coefficient (Wildman–Crippen LogP) is 3.53. The van der Waals surface area contributed by atoms with Crippen molar-refractivity contribution in [2.75, 3.05) is 6.54 Å². The fraction of sp³-hybridized carbons (Fsp3) is 0.526. The Kier molecular flexibility index (Phi) is 5.75. The minimum Gasteiger partial charge on any atom is -0.355 e. The second kappa shape index (κ2) is 7.60. The van der Waals surface area contributed by atoms with Crippen LogP contribution in [0.15, 0.2) is 28.8 Å². The summed E-state index contributed by atoms with van der Waals surface area (Å²) >= 11 is 0. The summed E-state index contributed by atoms with van der Waals surface area (Å²) in [4.78, 5) is 16.4. The Labute approximate surface area is 143 Å². The van der Waals surface area contributed by atoms with Crippen LogP contribution in [0.4, 0.5) is 0 Å². The highest BCUT2D eigenvalue weighted by atomic mass is 16.5. The normalized spacial score (nSPS) is 11.8. The molecule has 1 N–H and O–H groups in total. The minimum absolute atomic E-state index is 0.0000231. The van der Waals surface area contributed by atoms with Gasteiger partial charge in [-0.2, -0.15) is 4.98 Å². The lowest BCUT2D eigenvalue weighted by molar-refractivity contribution is -0.121. The van der Waals surface area contributed by atoms with Crippen molar-refractivity contribution in [3.8, 4) is 0 Å². The molecule has 24 heavy (non-hydrogen) atoms. The zero-order valence-corrected chi connectivity index (χ0v) is 15.2. The Hall–Kier alpha value is -2.17. The SMILES string of the molecule is Cc1cccc(C(C)(C)CNC(=O)CCc2nc(C(C)C)no2)c1. The van der Waals surface area contributed by atoms with Gasteiger partial charge in [0.05, 0.1) is 0 Å². The highest BCUT2D eigenvalue weighted by Crippen LogP contribution is 2.23. The van der Waals surface area contributed by atoms with Crippen LogP contribution in [0.25, 0.3) is 0 Å². The van der Waals surface area contributed by atoms with E-state index in [2.05, 4.69) is 60.5 Å². The molecule has 0 aliphatic rings. The van der Waals surface area contributed by atoms with E-state index in [0.29, 0.717) is 31.1 Å². The first-order valence-corrected chi connectivity index (χ1v) is 8.44. The molecule has 0 aliphatic carbocycles. The summed E-state index contributed by atoms with van der Waals surface area (Å²) in [6, 6.07) is 8.40. The van der Waals surface area contributed by atoms with Gasteiger partial charge in [0.2, 0.25) is 11.8 Å². The first kappa shape index (κ1) is 18.2. The maximum Gasteiger partial charge on any atom is 0.227 e. The van der Waals surface area contributed by atoms with Crippen molar-refractivity contribution in [1.82, 2.24) is 15.5 Å². The topological polar surface area (TPSA) is 68.0 Å². The first-order valence-electron chi connectivity index (χ1n) is 8.44. The van der Waals surface area contributed by atoms with E-state index in [1.807, 2.05) is 13.8 Å². The Bertz CT molecular complexity index is 689. The summed E-state index contributed by atoms with van der Waals surface area (Å²) in [6.45, 7) is 11.0. The van der Waals surface area contributed by atoms with Crippen LogP contribution in [-0.2, 0) is 16.6 Å². The molecule has 1 aromatic heterocycles. The van der Waals surface area contributed by atoms with E-state index in [0.717, 1.165) is 0 Å². The molecule has 0 saturated carbocycles. The molecule has 0 fully saturated rings. The quantitative estimate of drug-likeness (QED) is 0.844. The number of hydrogen-bond donors (Lipinski definition) is 1. The van der Waals surface area contributed by atoms with Gasteiger partial charge in [0, 0.05) is 30.7 Å². The number of carbonyl (C=O) groups excluding carboxylic acids is 1. The second-order valence-electron chi connectivity index (χ2n) is 7.23. The van der Waals surface area contributed by atoms with Crippen molar-refractivity contribution in [2.45, 2.75) is 58.8 Å². The Morgan fingerprint density at radius 2 is 2.08 bits per heavy atom. The Morgan fingerprint density at radius 3 is 2.71 bits per heavy atom. The van der Waals surface area contributed by atoms with Crippen LogP contribution in [0, 0.1) is 6.92 Å². The first-order chi connectivity index (χ1) is 11.3. The second-order valence-corrected chi connectivity index (χ2v) is 7.23. The van der Waals surface area contributed by atoms with E-state index >= 15 is 0 Å². The third kappa shape index (κ3) is 4.91. The lowest BCUT2D eigenvalue weighted by Crippen LogP contribution is -2.36. The van der Waals surface area contributed by atoms with E-state index in [1.54, 1.807) is 0 Å². The lowest BCUT2D eigenvalue weighted by Gasteiger charge is -2.26. The van der Waals surface area contributed by atoms with Crippen LogP contribution >= 0.6 is 0 Å². The summed E-state index contributed by atoms with van der Waals surface area (Å²) in [5, 5.41) is 6.92. The van der Waals surface area contributed by atoms with Gasteiger partial charge in [-0.15, -0.1) is 0 Å². The summed E-state index contributed by atoms with van der Waals surface area (Å²) in [5.41, 5.74) is 2.34. The molecule has 0 radical (unpaired) electrons. The molecule has 2 rings (SSSR count). The number of hydrogen-bond acceptors (Lipinski definition) is 4. The fourth-order valence-electron chi connectivity index (χ4n) is 2.40. The predicted molar refractivity (Wildman–Crippen MR) is 93.9 cm³/mol. The van der Waals surface area contributed by atoms with E-state index in [9.17, 15) is 4.79 Å². The molecule has 0 spiro atoms. The standard InChI is InChI=1S/C19H27N3O2/c1-13(2)18-21-17(24-22-18)10-9-16(23)20-12-19(4,5)15-8-6-7-14(3)11-15/h6-8,11,13H,9-10,12H2,1-5H3,(H,20,23). The third-order valence-electron chi connectivity index (χ3n) is 4.09. The molecular formula is C19H27N3O2. The molecule has 1 heterocycles. The molecule has 0 aliphatic heterocycles. The highest BCUT2D eigenvalue weighted by molar-refractivity contribution is 5.76. The zero-order chi connectivity index (χ0) is 17.7. The Balaban J connectivity index is 1.83. The number of amides is 1. The molecule has 2 aromatic rings. The van der Waals surface area contributed by atoms with Gasteiger partial charge < -0.3 is 9.84 Å². The lowest BCUT2D eigenvalue weighted by atomic mass is 9.84. The molecular weight excluding hydrogens is 302 g/mol. The maximum atomic E-state index is 12.1. The Morgan fingerprint density at radius 1 is 1.33 bits per heavy atom. The van der Waals surface area contributed by atoms with Gasteiger partial charge in [0.1, 0.15) is 0 Å². The van der Waals surface area contributed by atoms with Gasteiger partial charge >= 0.3 is 0 Å². The van der Waals surface area contributed by atoms with Crippen molar-refractivity contribution < 1.29 is 9.32 Å². The smallest absolute Gasteiger partial charge is 0.227 e. The van der Waals surface area contributed by atoms with Gasteiger partial charge in [0.25, 0.3) is 0 Å². The van der Waals surface area contributed by atoms with Crippen molar-refractivity contribution in [2.24, 2.45) is 0 Å². The van der Waals surface area contributed by atoms with Crippen LogP contribution in [0.2, 0.25) is 0 Å². The van der Waals surface area contributed by atoms with Crippen molar-refractivity contribution >= 4 is 5.91 Å². The largest absolute Gasteiger partial charge is 0.355 e. The van der Waals surface area contributed by atoms with Gasteiger partial charge in [0.15, 0.2) is 5.82 Å². The molecule has 1 aromatic carbocycles. The summed E-state index contributed by atoms with van der Waals surface area (Å²) in [6.07, 6.45) is 0.819. The number of rotatable bonds is 7. The molecule has 1 amide bonds. The van der Waals surface area contributed by atoms with E-state index in [-0.39, 0.29) is 17.2 Å². The van der Waals surface area contributed by atoms with Crippen molar-refractivity contribution in [3.05, 3.63) is 47.1 Å². The molecule has 0 unspecified atom stereocenters. The fourth-order valence-corrected chi connectivity index (χ4v) is 2.40. The van der Waals surface area contributed by atoms with Crippen LogP contribution in [0.3, 0.4) is 0 Å². The number of aromatic nitrogens is 2. The number of nitrogens with one attached hydrogen (secondary N) is 1. The monoisotopic (exact) mass is 329 g/mol. The molecule has 5 nitrogen and oxygen atoms in total. The third-order valence-corrected chi connectivity index (χ3v) is 4.09. The summed E-state index contributed by atoms with van der Waals surface area (Å²) in [7, 11) is 0. The number of carbonyl (C=O) groups is 1. The molecule has 5 heteroatoms. The van der Waals surface area contributed by atoms with Crippen LogP contribution in [0.5, 0.6) is 0 Å². The van der Waals surface area contributed by atoms with Crippen molar-refractivity contribution in [3.63, 3.8) is 0 Å². The van der Waals surface area contributed by atoms with Crippen molar-refractivity contribution in [1.29, 1.82) is 0 Å². The molecule has 0 bridgehead atoms. The zero-order valence-electron chi connectivity index (χ0n) is 15.2. The van der Waals surface area contributed by atoms with E-state index < -0.39 is 0 Å². The number of nitrogens with zero attached hydrogens (tertiary/aromatic N) is 2. The van der Waals surface area contributed by atoms with Gasteiger partial charge in [-0.05, 0) is 12.5 Å². The molecule has 0 saturated heterocycles. The van der Waals surface area contributed by atoms with E-state index in [1.165, 1.54) is 11.1 Å². The van der Waals surface area contributed by atoms with Crippen LogP contribution in [0.1, 0.15) is 62.9 Å². The van der Waals surface area contributed by atoms with Crippen LogP contribution < -0.4 is 5.32 Å². The summed E-state index contributed by atoms with van der Waals surface area (Å²) < 4.78 is 5.16. The average molecular weight is 329 g/mol. The number of benzene rings is 1. The van der Waals surface area contributed by atoms with Gasteiger partial charge in [-0.3, -0.25) is 4.79 Å². The average Bonchev–Trinajstić information content (AvgIpc) is 3.00. The van der Waals surface area contributed by atoms with E-state index in [4.69, 9.17) is 4.52 Å². The molecule has 130 valence electrons.